The molecule has 1 heterocycles. The number of ether oxygens (including phenoxy) is 1. The Kier molecular flexibility index (Phi) is 7.66. The number of benzene rings is 3. The number of sulfonamides is 1. The number of fused-ring (bicyclic) bond motifs is 1. The van der Waals surface area contributed by atoms with E-state index in [1.54, 1.807) is 13.0 Å². The van der Waals surface area contributed by atoms with Gasteiger partial charge in [-0.15, -0.1) is 0 Å². The van der Waals surface area contributed by atoms with Crippen LogP contribution in [-0.2, 0) is 25.3 Å². The lowest BCUT2D eigenvalue weighted by atomic mass is 10.2. The fourth-order valence-electron chi connectivity index (χ4n) is 3.41. The summed E-state index contributed by atoms with van der Waals surface area (Å²) in [6.45, 7) is 1.86. The monoisotopic (exact) mass is 495 g/mol. The average molecular weight is 496 g/mol. The molecular weight excluding hydrogens is 470 g/mol. The number of rotatable bonds is 10. The summed E-state index contributed by atoms with van der Waals surface area (Å²) in [6.07, 6.45) is 0. The highest BCUT2D eigenvalue weighted by atomic mass is 32.2. The summed E-state index contributed by atoms with van der Waals surface area (Å²) in [5.74, 6) is 0.957. The van der Waals surface area contributed by atoms with Crippen LogP contribution in [0.1, 0.15) is 12.5 Å². The quantitative estimate of drug-likeness (QED) is 0.317. The van der Waals surface area contributed by atoms with Crippen molar-refractivity contribution in [2.75, 3.05) is 12.4 Å². The zero-order chi connectivity index (χ0) is 24.0. The molecule has 0 bridgehead atoms. The van der Waals surface area contributed by atoms with Gasteiger partial charge in [0.2, 0.25) is 10.0 Å². The van der Waals surface area contributed by atoms with Crippen molar-refractivity contribution in [3.63, 3.8) is 0 Å². The number of thioether (sulfide) groups is 1. The molecule has 0 spiro atoms. The molecule has 0 unspecified atom stereocenters. The van der Waals surface area contributed by atoms with Gasteiger partial charge in [-0.05, 0) is 30.7 Å². The van der Waals surface area contributed by atoms with E-state index in [1.807, 2.05) is 60.7 Å². The smallest absolute Gasteiger partial charge is 0.325 e. The number of nitrogens with zero attached hydrogens (tertiary/aromatic N) is 1. The number of hydrogen-bond acceptors (Lipinski definition) is 6. The predicted octanol–water partition coefficient (Wildman–Crippen LogP) is 4.37. The Balaban J connectivity index is 1.52. The lowest BCUT2D eigenvalue weighted by molar-refractivity contribution is -0.144. The molecule has 9 heteroatoms. The molecule has 0 saturated heterocycles. The van der Waals surface area contributed by atoms with E-state index in [2.05, 4.69) is 14.7 Å². The van der Waals surface area contributed by atoms with Gasteiger partial charge in [-0.3, -0.25) is 4.79 Å². The fraction of sp³-hybridized carbons (Fsp3) is 0.200. The second-order valence-corrected chi connectivity index (χ2v) is 10.3. The van der Waals surface area contributed by atoms with Crippen LogP contribution in [-0.4, -0.2) is 42.8 Å². The van der Waals surface area contributed by atoms with Crippen LogP contribution in [0.2, 0.25) is 0 Å². The van der Waals surface area contributed by atoms with Gasteiger partial charge in [0, 0.05) is 17.1 Å². The molecule has 4 aromatic rings. The van der Waals surface area contributed by atoms with Crippen LogP contribution in [0.5, 0.6) is 0 Å². The van der Waals surface area contributed by atoms with Crippen LogP contribution in [0.3, 0.4) is 0 Å². The first kappa shape index (κ1) is 24.0. The maximum absolute atomic E-state index is 13.1. The Morgan fingerprint density at radius 2 is 1.76 bits per heavy atom. The second-order valence-electron chi connectivity index (χ2n) is 7.56. The zero-order valence-corrected chi connectivity index (χ0v) is 20.2. The third-order valence-electron chi connectivity index (χ3n) is 5.08. The molecule has 7 nitrogen and oxygen atoms in total. The van der Waals surface area contributed by atoms with Crippen molar-refractivity contribution in [1.29, 1.82) is 0 Å². The molecule has 0 fully saturated rings. The Labute approximate surface area is 203 Å². The first-order valence-electron chi connectivity index (χ1n) is 10.8. The molecule has 1 atom stereocenters. The summed E-state index contributed by atoms with van der Waals surface area (Å²) in [4.78, 5) is 20.3. The van der Waals surface area contributed by atoms with Crippen molar-refractivity contribution >= 4 is 38.8 Å². The van der Waals surface area contributed by atoms with E-state index in [1.165, 1.54) is 23.9 Å². The topological polar surface area (TPSA) is 101 Å². The number of aromatic amines is 1. The van der Waals surface area contributed by atoms with Crippen molar-refractivity contribution < 1.29 is 17.9 Å². The molecule has 1 aromatic heterocycles. The normalized spacial score (nSPS) is 12.5. The number of H-pyrrole nitrogens is 1. The average Bonchev–Trinajstić information content (AvgIpc) is 3.28. The summed E-state index contributed by atoms with van der Waals surface area (Å²) in [7, 11) is -3.98. The third kappa shape index (κ3) is 5.85. The number of esters is 1. The Morgan fingerprint density at radius 3 is 2.47 bits per heavy atom. The van der Waals surface area contributed by atoms with E-state index < -0.39 is 22.0 Å². The predicted molar refractivity (Wildman–Crippen MR) is 135 cm³/mol. The Morgan fingerprint density at radius 1 is 1.06 bits per heavy atom. The van der Waals surface area contributed by atoms with Crippen molar-refractivity contribution in [2.45, 2.75) is 23.6 Å². The minimum Gasteiger partial charge on any atom is -0.465 e. The van der Waals surface area contributed by atoms with Crippen molar-refractivity contribution in [1.82, 2.24) is 14.7 Å². The molecule has 0 saturated carbocycles. The standard InChI is InChI=1S/C25H25N3O4S2/c1-2-32-25(29)23(17-33-16-18-9-5-3-6-10-18)28-34(30,31)20-13-14-21-22(15-20)27-24(26-21)19-11-7-4-8-12-19/h3-15,23,28H,2,16-17H2,1H3,(H,26,27)/t23-/m0/s1. The summed E-state index contributed by atoms with van der Waals surface area (Å²) < 4.78 is 33.9. The molecule has 0 aliphatic heterocycles. The molecule has 0 aliphatic carbocycles. The molecule has 2 N–H and O–H groups in total. The van der Waals surface area contributed by atoms with Crippen LogP contribution in [0.15, 0.2) is 83.8 Å². The minimum absolute atomic E-state index is 0.0469. The number of carbonyl (C=O) groups excluding carboxylic acids is 1. The van der Waals surface area contributed by atoms with E-state index in [0.717, 1.165) is 11.1 Å². The van der Waals surface area contributed by atoms with Crippen LogP contribution >= 0.6 is 11.8 Å². The molecule has 34 heavy (non-hydrogen) atoms. The first-order chi connectivity index (χ1) is 16.5. The fourth-order valence-corrected chi connectivity index (χ4v) is 5.72. The molecular formula is C25H25N3O4S2. The lowest BCUT2D eigenvalue weighted by Gasteiger charge is -2.17. The summed E-state index contributed by atoms with van der Waals surface area (Å²) in [5, 5.41) is 0. The Bertz CT molecular complexity index is 1360. The SMILES string of the molecule is CCOC(=O)[C@H](CSCc1ccccc1)NS(=O)(=O)c1ccc2nc(-c3ccccc3)[nH]c2c1. The largest absolute Gasteiger partial charge is 0.465 e. The number of aromatic nitrogens is 2. The van der Waals surface area contributed by atoms with Crippen molar-refractivity contribution in [3.05, 3.63) is 84.4 Å². The number of carbonyl (C=O) groups is 1. The number of nitrogens with one attached hydrogen (secondary N) is 2. The molecule has 0 amide bonds. The number of imidazole rings is 1. The summed E-state index contributed by atoms with van der Waals surface area (Å²) in [5.41, 5.74) is 3.24. The van der Waals surface area contributed by atoms with Gasteiger partial charge in [0.1, 0.15) is 11.9 Å². The first-order valence-corrected chi connectivity index (χ1v) is 13.5. The molecule has 4 rings (SSSR count). The third-order valence-corrected chi connectivity index (χ3v) is 7.65. The van der Waals surface area contributed by atoms with E-state index in [4.69, 9.17) is 4.74 Å². The van der Waals surface area contributed by atoms with Crippen molar-refractivity contribution in [2.24, 2.45) is 0 Å². The van der Waals surface area contributed by atoms with E-state index >= 15 is 0 Å². The van der Waals surface area contributed by atoms with Crippen LogP contribution < -0.4 is 4.72 Å². The van der Waals surface area contributed by atoms with E-state index in [0.29, 0.717) is 22.6 Å². The van der Waals surface area contributed by atoms with Gasteiger partial charge in [-0.2, -0.15) is 16.5 Å². The second kappa shape index (κ2) is 10.9. The van der Waals surface area contributed by atoms with Gasteiger partial charge in [0.15, 0.2) is 0 Å². The Hall–Kier alpha value is -3.14. The van der Waals surface area contributed by atoms with E-state index in [9.17, 15) is 13.2 Å². The van der Waals surface area contributed by atoms with Crippen LogP contribution in [0.4, 0.5) is 0 Å². The highest BCUT2D eigenvalue weighted by Gasteiger charge is 2.27. The van der Waals surface area contributed by atoms with E-state index in [-0.39, 0.29) is 17.3 Å². The van der Waals surface area contributed by atoms with Gasteiger partial charge in [-0.1, -0.05) is 60.7 Å². The summed E-state index contributed by atoms with van der Waals surface area (Å²) in [6, 6.07) is 23.0. The van der Waals surface area contributed by atoms with Gasteiger partial charge in [0.25, 0.3) is 0 Å². The van der Waals surface area contributed by atoms with Crippen LogP contribution in [0, 0.1) is 0 Å². The highest BCUT2D eigenvalue weighted by molar-refractivity contribution is 7.98. The number of hydrogen-bond donors (Lipinski definition) is 2. The minimum atomic E-state index is -3.98. The molecule has 3 aromatic carbocycles. The van der Waals surface area contributed by atoms with Crippen LogP contribution in [0.25, 0.3) is 22.4 Å². The zero-order valence-electron chi connectivity index (χ0n) is 18.6. The van der Waals surface area contributed by atoms with Gasteiger partial charge < -0.3 is 9.72 Å². The molecule has 176 valence electrons. The van der Waals surface area contributed by atoms with Gasteiger partial charge in [-0.25, -0.2) is 13.4 Å². The van der Waals surface area contributed by atoms with Crippen molar-refractivity contribution in [3.8, 4) is 11.4 Å². The molecule has 0 radical (unpaired) electrons. The maximum Gasteiger partial charge on any atom is 0.325 e. The highest BCUT2D eigenvalue weighted by Crippen LogP contribution is 2.23. The lowest BCUT2D eigenvalue weighted by Crippen LogP contribution is -2.43. The maximum atomic E-state index is 13.1. The molecule has 0 aliphatic rings. The van der Waals surface area contributed by atoms with Gasteiger partial charge in [0.05, 0.1) is 22.5 Å². The summed E-state index contributed by atoms with van der Waals surface area (Å²) >= 11 is 1.46. The van der Waals surface area contributed by atoms with Gasteiger partial charge >= 0.3 is 5.97 Å².